The van der Waals surface area contributed by atoms with Gasteiger partial charge in [0.25, 0.3) is 0 Å². The Morgan fingerprint density at radius 2 is 2.26 bits per heavy atom. The van der Waals surface area contributed by atoms with Gasteiger partial charge in [0.2, 0.25) is 4.96 Å². The average molecular weight is 276 g/mol. The van der Waals surface area contributed by atoms with Crippen LogP contribution in [0.25, 0.3) is 4.96 Å². The van der Waals surface area contributed by atoms with E-state index in [-0.39, 0.29) is 0 Å². The fourth-order valence-electron chi connectivity index (χ4n) is 2.95. The highest BCUT2D eigenvalue weighted by Crippen LogP contribution is 2.40. The van der Waals surface area contributed by atoms with E-state index in [9.17, 15) is 0 Å². The van der Waals surface area contributed by atoms with Gasteiger partial charge in [-0.1, -0.05) is 25.2 Å². The van der Waals surface area contributed by atoms with E-state index in [0.717, 1.165) is 23.8 Å². The molecule has 0 bridgehead atoms. The smallest absolute Gasteiger partial charge is 0.212 e. The van der Waals surface area contributed by atoms with Gasteiger partial charge in [-0.25, -0.2) is 9.50 Å². The number of hydrogen-bond acceptors (Lipinski definition) is 4. The summed E-state index contributed by atoms with van der Waals surface area (Å²) in [7, 11) is 0. The Balaban J connectivity index is 1.74. The van der Waals surface area contributed by atoms with Gasteiger partial charge in [0.05, 0.1) is 5.69 Å². The van der Waals surface area contributed by atoms with E-state index in [2.05, 4.69) is 23.7 Å². The van der Waals surface area contributed by atoms with E-state index < -0.39 is 0 Å². The molecule has 1 atom stereocenters. The summed E-state index contributed by atoms with van der Waals surface area (Å²) in [6.07, 6.45) is 4.83. The zero-order valence-corrected chi connectivity index (χ0v) is 12.3. The van der Waals surface area contributed by atoms with E-state index in [1.165, 1.54) is 29.8 Å². The Bertz CT molecular complexity index is 608. The summed E-state index contributed by atoms with van der Waals surface area (Å²) in [4.78, 5) is 7.31. The number of thiazole rings is 1. The summed E-state index contributed by atoms with van der Waals surface area (Å²) in [5.74, 6) is 2.44. The van der Waals surface area contributed by atoms with Crippen molar-refractivity contribution >= 4 is 16.3 Å². The summed E-state index contributed by atoms with van der Waals surface area (Å²) in [5, 5.41) is 8.40. The highest BCUT2D eigenvalue weighted by Gasteiger charge is 2.31. The second-order valence-electron chi connectivity index (χ2n) is 6.24. The Morgan fingerprint density at radius 1 is 1.42 bits per heavy atom. The zero-order chi connectivity index (χ0) is 13.0. The fraction of sp³-hybridized carbons (Fsp3) is 0.714. The lowest BCUT2D eigenvalue weighted by atomic mass is 9.98. The molecule has 4 rings (SSSR count). The number of aromatic nitrogens is 3. The summed E-state index contributed by atoms with van der Waals surface area (Å²) in [6, 6.07) is 0.502. The van der Waals surface area contributed by atoms with Crippen molar-refractivity contribution < 1.29 is 0 Å². The molecule has 19 heavy (non-hydrogen) atoms. The van der Waals surface area contributed by atoms with Gasteiger partial charge in [-0.3, -0.25) is 0 Å². The standard InChI is InChI=1S/C14H20N4S/c1-8(2)7-10-12-11(5-6-15-10)18-14(19-12)16-13(17-18)9-3-4-9/h8-10,15H,3-7H2,1-2H3. The van der Waals surface area contributed by atoms with Crippen LogP contribution in [0.4, 0.5) is 0 Å². The lowest BCUT2D eigenvalue weighted by molar-refractivity contribution is 0.416. The predicted molar refractivity (Wildman–Crippen MR) is 76.7 cm³/mol. The highest BCUT2D eigenvalue weighted by atomic mass is 32.1. The molecule has 0 aromatic carbocycles. The first-order valence-corrected chi connectivity index (χ1v) is 8.15. The number of nitrogens with zero attached hydrogens (tertiary/aromatic N) is 3. The molecule has 3 heterocycles. The monoisotopic (exact) mass is 276 g/mol. The Labute approximate surface area is 117 Å². The van der Waals surface area contributed by atoms with Crippen molar-refractivity contribution in [1.82, 2.24) is 19.9 Å². The van der Waals surface area contributed by atoms with Crippen molar-refractivity contribution in [3.05, 3.63) is 16.4 Å². The van der Waals surface area contributed by atoms with Gasteiger partial charge >= 0.3 is 0 Å². The quantitative estimate of drug-likeness (QED) is 0.937. The Hall–Kier alpha value is -0.940. The largest absolute Gasteiger partial charge is 0.309 e. The Kier molecular flexibility index (Phi) is 2.67. The van der Waals surface area contributed by atoms with Gasteiger partial charge in [-0.2, -0.15) is 5.10 Å². The number of nitrogens with one attached hydrogen (secondary N) is 1. The van der Waals surface area contributed by atoms with E-state index in [4.69, 9.17) is 10.1 Å². The number of hydrogen-bond donors (Lipinski definition) is 1. The molecule has 1 N–H and O–H groups in total. The van der Waals surface area contributed by atoms with E-state index >= 15 is 0 Å². The molecular formula is C14H20N4S. The maximum atomic E-state index is 4.75. The maximum Gasteiger partial charge on any atom is 0.212 e. The van der Waals surface area contributed by atoms with Crippen LogP contribution in [0.3, 0.4) is 0 Å². The molecule has 1 aliphatic heterocycles. The molecule has 1 saturated carbocycles. The van der Waals surface area contributed by atoms with E-state index in [0.29, 0.717) is 17.9 Å². The third-order valence-corrected chi connectivity index (χ3v) is 5.24. The molecule has 1 fully saturated rings. The van der Waals surface area contributed by atoms with Crippen LogP contribution in [-0.4, -0.2) is 21.1 Å². The van der Waals surface area contributed by atoms with Crippen molar-refractivity contribution in [2.75, 3.05) is 6.54 Å². The van der Waals surface area contributed by atoms with Crippen LogP contribution in [0.2, 0.25) is 0 Å². The first-order chi connectivity index (χ1) is 9.22. The minimum Gasteiger partial charge on any atom is -0.309 e. The van der Waals surface area contributed by atoms with Crippen molar-refractivity contribution in [3.8, 4) is 0 Å². The zero-order valence-electron chi connectivity index (χ0n) is 11.5. The Morgan fingerprint density at radius 3 is 3.00 bits per heavy atom. The molecule has 0 spiro atoms. The predicted octanol–water partition coefficient (Wildman–Crippen LogP) is 2.90. The SMILES string of the molecule is CC(C)CC1NCCc2c1sc1nc(C3CC3)nn21. The van der Waals surface area contributed by atoms with Crippen molar-refractivity contribution in [2.24, 2.45) is 5.92 Å². The van der Waals surface area contributed by atoms with Gasteiger partial charge in [0.1, 0.15) is 0 Å². The molecule has 1 aliphatic carbocycles. The molecular weight excluding hydrogens is 256 g/mol. The van der Waals surface area contributed by atoms with Crippen LogP contribution in [-0.2, 0) is 6.42 Å². The lowest BCUT2D eigenvalue weighted by Crippen LogP contribution is -2.30. The molecule has 2 aliphatic rings. The van der Waals surface area contributed by atoms with Crippen molar-refractivity contribution in [1.29, 1.82) is 0 Å². The first-order valence-electron chi connectivity index (χ1n) is 7.34. The summed E-state index contributed by atoms with van der Waals surface area (Å²) >= 11 is 1.84. The van der Waals surface area contributed by atoms with Gasteiger partial charge in [-0.15, -0.1) is 0 Å². The lowest BCUT2D eigenvalue weighted by Gasteiger charge is -2.24. The van der Waals surface area contributed by atoms with Crippen LogP contribution < -0.4 is 5.32 Å². The second kappa shape index (κ2) is 4.28. The van der Waals surface area contributed by atoms with Gasteiger partial charge in [0, 0.05) is 29.8 Å². The molecule has 2 aromatic heterocycles. The molecule has 2 aromatic rings. The molecule has 1 unspecified atom stereocenters. The van der Waals surface area contributed by atoms with Crippen LogP contribution in [0.1, 0.15) is 61.5 Å². The third kappa shape index (κ3) is 1.99. The molecule has 4 nitrogen and oxygen atoms in total. The summed E-state index contributed by atoms with van der Waals surface area (Å²) in [6.45, 7) is 5.64. The third-order valence-electron chi connectivity index (χ3n) is 4.05. The average Bonchev–Trinajstić information content (AvgIpc) is 3.03. The molecule has 5 heteroatoms. The van der Waals surface area contributed by atoms with Crippen LogP contribution in [0.15, 0.2) is 0 Å². The van der Waals surface area contributed by atoms with E-state index in [1.54, 1.807) is 0 Å². The van der Waals surface area contributed by atoms with Gasteiger partial charge in [-0.05, 0) is 25.2 Å². The summed E-state index contributed by atoms with van der Waals surface area (Å²) in [5.41, 5.74) is 1.41. The fourth-order valence-corrected chi connectivity index (χ4v) is 4.15. The first kappa shape index (κ1) is 11.9. The van der Waals surface area contributed by atoms with Crippen LogP contribution in [0.5, 0.6) is 0 Å². The van der Waals surface area contributed by atoms with Crippen LogP contribution in [0, 0.1) is 5.92 Å². The second-order valence-corrected chi connectivity index (χ2v) is 7.25. The van der Waals surface area contributed by atoms with Gasteiger partial charge < -0.3 is 5.32 Å². The van der Waals surface area contributed by atoms with Crippen LogP contribution >= 0.6 is 11.3 Å². The minimum absolute atomic E-state index is 0.502. The molecule has 0 saturated heterocycles. The van der Waals surface area contributed by atoms with E-state index in [1.807, 2.05) is 11.3 Å². The topological polar surface area (TPSA) is 42.2 Å². The molecule has 102 valence electrons. The van der Waals surface area contributed by atoms with Crippen molar-refractivity contribution in [3.63, 3.8) is 0 Å². The normalized spacial score (nSPS) is 23.2. The van der Waals surface area contributed by atoms with Crippen molar-refractivity contribution in [2.45, 2.75) is 51.5 Å². The van der Waals surface area contributed by atoms with Gasteiger partial charge in [0.15, 0.2) is 5.82 Å². The number of fused-ring (bicyclic) bond motifs is 3. The number of rotatable bonds is 3. The summed E-state index contributed by atoms with van der Waals surface area (Å²) < 4.78 is 2.13. The molecule has 0 radical (unpaired) electrons. The molecule has 0 amide bonds. The highest BCUT2D eigenvalue weighted by molar-refractivity contribution is 7.17. The maximum absolute atomic E-state index is 4.75. The minimum atomic E-state index is 0.502.